The van der Waals surface area contributed by atoms with Crippen molar-refractivity contribution in [1.82, 2.24) is 4.98 Å². The van der Waals surface area contributed by atoms with Gasteiger partial charge in [0, 0.05) is 12.1 Å². The standard InChI is InChI=1S/C22H21F6N3O2/c1-3-16(32-17-6-4-5-15(29)8-10-17)9-7-14(2)20(21(23,24)25,22(26,27)28)19-12-11-18(33-30)13-31-19/h3-4,6-13H,1,5,29-30H2,2H3/b14-7+,16-9+. The van der Waals surface area contributed by atoms with Crippen LogP contribution < -0.4 is 16.5 Å². The Morgan fingerprint density at radius 3 is 2.27 bits per heavy atom. The molecule has 0 aromatic carbocycles. The van der Waals surface area contributed by atoms with Crippen LogP contribution in [-0.2, 0) is 10.2 Å². The Hall–Kier alpha value is -3.47. The molecule has 0 amide bonds. The monoisotopic (exact) mass is 473 g/mol. The summed E-state index contributed by atoms with van der Waals surface area (Å²) in [6.45, 7) is 4.19. The third-order valence-corrected chi connectivity index (χ3v) is 4.73. The van der Waals surface area contributed by atoms with Crippen LogP contribution >= 0.6 is 0 Å². The van der Waals surface area contributed by atoms with Crippen molar-refractivity contribution in [2.24, 2.45) is 11.6 Å². The van der Waals surface area contributed by atoms with Crippen molar-refractivity contribution in [3.63, 3.8) is 0 Å². The number of nitrogens with two attached hydrogens (primary N) is 2. The Morgan fingerprint density at radius 1 is 1.09 bits per heavy atom. The summed E-state index contributed by atoms with van der Waals surface area (Å²) < 4.78 is 90.0. The molecule has 1 aliphatic rings. The predicted molar refractivity (Wildman–Crippen MR) is 110 cm³/mol. The SMILES string of the molecule is C=C/C(=C\C=C(/C)C(c1ccc(ON)cn1)(C(F)(F)F)C(F)(F)F)OC1=CC=C(N)CC=C1. The Kier molecular flexibility index (Phi) is 7.80. The molecule has 1 aliphatic carbocycles. The van der Waals surface area contributed by atoms with Crippen molar-refractivity contribution in [3.05, 3.63) is 95.9 Å². The fourth-order valence-electron chi connectivity index (χ4n) is 3.08. The fraction of sp³-hybridized carbons (Fsp3) is 0.227. The van der Waals surface area contributed by atoms with Crippen LogP contribution in [0.15, 0.2) is 90.2 Å². The lowest BCUT2D eigenvalue weighted by Gasteiger charge is -2.37. The van der Waals surface area contributed by atoms with E-state index < -0.39 is 29.0 Å². The predicted octanol–water partition coefficient (Wildman–Crippen LogP) is 5.42. The van der Waals surface area contributed by atoms with Gasteiger partial charge in [-0.05, 0) is 55.0 Å². The van der Waals surface area contributed by atoms with E-state index in [1.54, 1.807) is 18.2 Å². The minimum Gasteiger partial charge on any atom is -0.457 e. The van der Waals surface area contributed by atoms with Gasteiger partial charge in [0.1, 0.15) is 11.5 Å². The van der Waals surface area contributed by atoms with Gasteiger partial charge >= 0.3 is 12.4 Å². The molecule has 0 aliphatic heterocycles. The van der Waals surface area contributed by atoms with E-state index in [4.69, 9.17) is 16.4 Å². The quantitative estimate of drug-likeness (QED) is 0.239. The lowest BCUT2D eigenvalue weighted by Crippen LogP contribution is -2.55. The van der Waals surface area contributed by atoms with Crippen molar-refractivity contribution in [3.8, 4) is 5.75 Å². The van der Waals surface area contributed by atoms with Crippen LogP contribution in [0.3, 0.4) is 0 Å². The van der Waals surface area contributed by atoms with E-state index in [9.17, 15) is 26.3 Å². The summed E-state index contributed by atoms with van der Waals surface area (Å²) in [5.74, 6) is 4.86. The number of ether oxygens (including phenoxy) is 1. The molecule has 1 heterocycles. The maximum Gasteiger partial charge on any atom is 0.412 e. The first-order chi connectivity index (χ1) is 15.4. The molecular weight excluding hydrogens is 452 g/mol. The van der Waals surface area contributed by atoms with Crippen LogP contribution in [0.4, 0.5) is 26.3 Å². The Labute approximate surface area is 186 Å². The average molecular weight is 473 g/mol. The number of alkyl halides is 6. The average Bonchev–Trinajstić information content (AvgIpc) is 2.93. The first-order valence-corrected chi connectivity index (χ1v) is 9.35. The van der Waals surface area contributed by atoms with Gasteiger partial charge in [-0.3, -0.25) is 4.98 Å². The van der Waals surface area contributed by atoms with Crippen molar-refractivity contribution < 1.29 is 35.9 Å². The molecule has 0 atom stereocenters. The van der Waals surface area contributed by atoms with E-state index in [1.165, 1.54) is 6.08 Å². The highest BCUT2D eigenvalue weighted by molar-refractivity contribution is 5.41. The molecule has 1 aromatic heterocycles. The van der Waals surface area contributed by atoms with E-state index >= 15 is 0 Å². The highest BCUT2D eigenvalue weighted by atomic mass is 19.4. The molecule has 0 spiro atoms. The molecule has 0 radical (unpaired) electrons. The smallest absolute Gasteiger partial charge is 0.412 e. The van der Waals surface area contributed by atoms with Gasteiger partial charge in [-0.15, -0.1) is 0 Å². The van der Waals surface area contributed by atoms with Crippen LogP contribution in [0.25, 0.3) is 0 Å². The van der Waals surface area contributed by atoms with Crippen molar-refractivity contribution in [1.29, 1.82) is 0 Å². The van der Waals surface area contributed by atoms with E-state index in [2.05, 4.69) is 16.4 Å². The van der Waals surface area contributed by atoms with Crippen LogP contribution in [0.2, 0.25) is 0 Å². The third kappa shape index (κ3) is 5.48. The van der Waals surface area contributed by atoms with E-state index in [1.807, 2.05) is 0 Å². The first kappa shape index (κ1) is 25.8. The van der Waals surface area contributed by atoms with Crippen LogP contribution in [0, 0.1) is 0 Å². The van der Waals surface area contributed by atoms with Gasteiger partial charge in [0.15, 0.2) is 5.75 Å². The summed E-state index contributed by atoms with van der Waals surface area (Å²) >= 11 is 0. The topological polar surface area (TPSA) is 83.4 Å². The fourth-order valence-corrected chi connectivity index (χ4v) is 3.08. The number of pyridine rings is 1. The van der Waals surface area contributed by atoms with Gasteiger partial charge in [0.2, 0.25) is 5.41 Å². The largest absolute Gasteiger partial charge is 0.457 e. The number of aromatic nitrogens is 1. The number of rotatable bonds is 7. The molecule has 11 heteroatoms. The van der Waals surface area contributed by atoms with E-state index in [0.717, 1.165) is 18.2 Å². The van der Waals surface area contributed by atoms with Gasteiger partial charge in [-0.25, -0.2) is 0 Å². The molecule has 0 saturated carbocycles. The highest BCUT2D eigenvalue weighted by Crippen LogP contribution is 2.55. The maximum atomic E-state index is 14.1. The molecule has 1 aromatic rings. The number of hydrogen-bond acceptors (Lipinski definition) is 5. The summed E-state index contributed by atoms with van der Waals surface area (Å²) in [5.41, 5.74) is -0.535. The van der Waals surface area contributed by atoms with Crippen LogP contribution in [0.5, 0.6) is 5.75 Å². The van der Waals surface area contributed by atoms with Gasteiger partial charge in [-0.1, -0.05) is 18.7 Å². The normalized spacial score (nSPS) is 16.0. The van der Waals surface area contributed by atoms with Crippen molar-refractivity contribution in [2.75, 3.05) is 0 Å². The van der Waals surface area contributed by atoms with Crippen molar-refractivity contribution in [2.45, 2.75) is 31.1 Å². The Morgan fingerprint density at radius 2 is 1.76 bits per heavy atom. The molecule has 0 fully saturated rings. The Bertz CT molecular complexity index is 1000. The summed E-state index contributed by atoms with van der Waals surface area (Å²) in [5, 5.41) is 0. The molecule has 178 valence electrons. The lowest BCUT2D eigenvalue weighted by molar-refractivity contribution is -0.291. The minimum atomic E-state index is -5.78. The molecule has 0 bridgehead atoms. The van der Waals surface area contributed by atoms with E-state index in [0.29, 0.717) is 37.4 Å². The number of nitrogens with zero attached hydrogens (tertiary/aromatic N) is 1. The van der Waals surface area contributed by atoms with Gasteiger partial charge in [0.05, 0.1) is 11.9 Å². The molecule has 0 unspecified atom stereocenters. The number of hydrogen-bond donors (Lipinski definition) is 2. The molecule has 0 saturated heterocycles. The second-order valence-electron chi connectivity index (χ2n) is 6.88. The minimum absolute atomic E-state index is 0.0859. The van der Waals surface area contributed by atoms with E-state index in [-0.39, 0.29) is 17.3 Å². The highest BCUT2D eigenvalue weighted by Gasteiger charge is 2.73. The molecule has 33 heavy (non-hydrogen) atoms. The summed E-state index contributed by atoms with van der Waals surface area (Å²) in [4.78, 5) is 7.64. The molecule has 4 N–H and O–H groups in total. The second kappa shape index (κ2) is 9.99. The van der Waals surface area contributed by atoms with Gasteiger partial charge in [-0.2, -0.15) is 32.2 Å². The maximum absolute atomic E-state index is 14.1. The van der Waals surface area contributed by atoms with Crippen LogP contribution in [-0.4, -0.2) is 17.3 Å². The zero-order valence-electron chi connectivity index (χ0n) is 17.4. The zero-order valence-corrected chi connectivity index (χ0v) is 17.4. The molecule has 5 nitrogen and oxygen atoms in total. The summed E-state index contributed by atoms with van der Waals surface area (Å²) in [6.07, 6.45) is -1.34. The third-order valence-electron chi connectivity index (χ3n) is 4.73. The molecular formula is C22H21F6N3O2. The first-order valence-electron chi connectivity index (χ1n) is 9.35. The summed E-state index contributed by atoms with van der Waals surface area (Å²) in [7, 11) is 0. The van der Waals surface area contributed by atoms with Gasteiger partial charge < -0.3 is 15.3 Å². The number of allylic oxidation sites excluding steroid dienone is 8. The molecule has 2 rings (SSSR count). The lowest BCUT2D eigenvalue weighted by atomic mass is 9.75. The van der Waals surface area contributed by atoms with Crippen molar-refractivity contribution >= 4 is 0 Å². The zero-order chi connectivity index (χ0) is 24.9. The summed E-state index contributed by atoms with van der Waals surface area (Å²) in [6, 6.07) is 1.42. The van der Waals surface area contributed by atoms with Gasteiger partial charge in [0.25, 0.3) is 0 Å². The number of halogens is 6. The van der Waals surface area contributed by atoms with Crippen LogP contribution in [0.1, 0.15) is 19.0 Å². The second-order valence-corrected chi connectivity index (χ2v) is 6.88. The Balaban J connectivity index is 2.59.